The number of carbonyl (C=O) groups excluding carboxylic acids is 3. The van der Waals surface area contributed by atoms with Gasteiger partial charge in [0.05, 0.1) is 12.5 Å². The minimum Gasteiger partial charge on any atom is -0.545 e. The fourth-order valence-electron chi connectivity index (χ4n) is 3.01. The maximum atomic E-state index is 12.6. The van der Waals surface area contributed by atoms with Crippen LogP contribution in [-0.2, 0) is 11.3 Å². The van der Waals surface area contributed by atoms with E-state index in [2.05, 4.69) is 5.32 Å². The Morgan fingerprint density at radius 1 is 1.03 bits per heavy atom. The van der Waals surface area contributed by atoms with E-state index >= 15 is 0 Å². The standard InChI is InChI=1S/C22H16N2O5/c25-20-18(23-22(28)24(20)13-14-5-2-1-3-6-14)12-17-9-10-19(29-17)15-7-4-8-16(11-15)21(26)27/h1-12H,13H2,(H,23,28)(H,26,27)/p-1/b18-12-. The number of urea groups is 1. The van der Waals surface area contributed by atoms with Gasteiger partial charge in [-0.1, -0.05) is 48.5 Å². The van der Waals surface area contributed by atoms with E-state index in [4.69, 9.17) is 4.42 Å². The molecular formula is C22H15N2O5-. The van der Waals surface area contributed by atoms with Gasteiger partial charge < -0.3 is 19.6 Å². The van der Waals surface area contributed by atoms with E-state index in [0.717, 1.165) is 10.5 Å². The molecular weight excluding hydrogens is 372 g/mol. The minimum absolute atomic E-state index is 0.0357. The second kappa shape index (κ2) is 7.47. The van der Waals surface area contributed by atoms with Gasteiger partial charge in [-0.2, -0.15) is 0 Å². The van der Waals surface area contributed by atoms with Gasteiger partial charge in [-0.3, -0.25) is 9.69 Å². The van der Waals surface area contributed by atoms with Crippen LogP contribution in [0.3, 0.4) is 0 Å². The molecule has 7 heteroatoms. The van der Waals surface area contributed by atoms with Gasteiger partial charge >= 0.3 is 6.03 Å². The highest BCUT2D eigenvalue weighted by atomic mass is 16.4. The van der Waals surface area contributed by atoms with Crippen LogP contribution in [-0.4, -0.2) is 22.8 Å². The molecule has 0 bridgehead atoms. The summed E-state index contributed by atoms with van der Waals surface area (Å²) in [5, 5.41) is 13.6. The molecule has 144 valence electrons. The first-order valence-electron chi connectivity index (χ1n) is 8.81. The summed E-state index contributed by atoms with van der Waals surface area (Å²) in [6, 6.07) is 18.1. The van der Waals surface area contributed by atoms with Gasteiger partial charge in [0.25, 0.3) is 5.91 Å². The third-order valence-corrected chi connectivity index (χ3v) is 4.44. The van der Waals surface area contributed by atoms with Crippen LogP contribution in [0.25, 0.3) is 17.4 Å². The lowest BCUT2D eigenvalue weighted by Gasteiger charge is -2.11. The molecule has 0 unspecified atom stereocenters. The Labute approximate surface area is 165 Å². The minimum atomic E-state index is -1.28. The molecule has 4 rings (SSSR count). The lowest BCUT2D eigenvalue weighted by Crippen LogP contribution is -2.30. The molecule has 7 nitrogen and oxygen atoms in total. The predicted octanol–water partition coefficient (Wildman–Crippen LogP) is 2.40. The summed E-state index contributed by atoms with van der Waals surface area (Å²) in [6.07, 6.45) is 1.44. The summed E-state index contributed by atoms with van der Waals surface area (Å²) in [4.78, 5) is 36.9. The number of rotatable bonds is 5. The van der Waals surface area contributed by atoms with E-state index < -0.39 is 17.9 Å². The molecule has 3 amide bonds. The molecule has 0 saturated carbocycles. The summed E-state index contributed by atoms with van der Waals surface area (Å²) < 4.78 is 5.69. The molecule has 1 aromatic heterocycles. The third kappa shape index (κ3) is 3.79. The van der Waals surface area contributed by atoms with Crippen LogP contribution in [0.15, 0.2) is 76.8 Å². The smallest absolute Gasteiger partial charge is 0.329 e. The first-order valence-corrected chi connectivity index (χ1v) is 8.81. The number of carboxylic acid groups (broad SMARTS) is 1. The maximum absolute atomic E-state index is 12.6. The van der Waals surface area contributed by atoms with Crippen LogP contribution >= 0.6 is 0 Å². The Bertz CT molecular complexity index is 1130. The van der Waals surface area contributed by atoms with Crippen molar-refractivity contribution >= 4 is 24.0 Å². The number of amides is 3. The largest absolute Gasteiger partial charge is 0.545 e. The molecule has 1 aliphatic rings. The van der Waals surface area contributed by atoms with Crippen LogP contribution in [0.5, 0.6) is 0 Å². The summed E-state index contributed by atoms with van der Waals surface area (Å²) in [5.74, 6) is -0.948. The quantitative estimate of drug-likeness (QED) is 0.535. The summed E-state index contributed by atoms with van der Waals surface area (Å²) in [5.41, 5.74) is 1.54. The zero-order valence-electron chi connectivity index (χ0n) is 15.1. The number of imide groups is 1. The second-order valence-corrected chi connectivity index (χ2v) is 6.44. The highest BCUT2D eigenvalue weighted by Gasteiger charge is 2.33. The molecule has 1 N–H and O–H groups in total. The van der Waals surface area contributed by atoms with Crippen LogP contribution in [0, 0.1) is 0 Å². The van der Waals surface area contributed by atoms with Crippen molar-refractivity contribution in [3.05, 3.63) is 89.3 Å². The highest BCUT2D eigenvalue weighted by Crippen LogP contribution is 2.25. The van der Waals surface area contributed by atoms with Gasteiger partial charge in [-0.25, -0.2) is 4.79 Å². The summed E-state index contributed by atoms with van der Waals surface area (Å²) in [6.45, 7) is 0.169. The molecule has 2 heterocycles. The molecule has 1 aliphatic heterocycles. The predicted molar refractivity (Wildman–Crippen MR) is 102 cm³/mol. The number of furan rings is 1. The zero-order valence-corrected chi connectivity index (χ0v) is 15.1. The van der Waals surface area contributed by atoms with Crippen molar-refractivity contribution in [2.24, 2.45) is 0 Å². The van der Waals surface area contributed by atoms with E-state index in [0.29, 0.717) is 17.1 Å². The Kier molecular flexibility index (Phi) is 4.70. The fraction of sp³-hybridized carbons (Fsp3) is 0.0455. The lowest BCUT2D eigenvalue weighted by molar-refractivity contribution is -0.255. The number of carboxylic acids is 1. The van der Waals surface area contributed by atoms with Gasteiger partial charge in [0.2, 0.25) is 0 Å². The topological polar surface area (TPSA) is 103 Å². The van der Waals surface area contributed by atoms with Crippen molar-refractivity contribution in [2.45, 2.75) is 6.54 Å². The maximum Gasteiger partial charge on any atom is 0.329 e. The number of nitrogens with one attached hydrogen (secondary N) is 1. The van der Waals surface area contributed by atoms with E-state index in [1.165, 1.54) is 18.2 Å². The Morgan fingerprint density at radius 2 is 1.83 bits per heavy atom. The molecule has 0 atom stereocenters. The number of benzene rings is 2. The Morgan fingerprint density at radius 3 is 2.59 bits per heavy atom. The highest BCUT2D eigenvalue weighted by molar-refractivity contribution is 6.13. The van der Waals surface area contributed by atoms with Gasteiger partial charge in [-0.15, -0.1) is 0 Å². The number of aromatic carboxylic acids is 1. The lowest BCUT2D eigenvalue weighted by atomic mass is 10.1. The van der Waals surface area contributed by atoms with Crippen molar-refractivity contribution in [2.75, 3.05) is 0 Å². The van der Waals surface area contributed by atoms with E-state index in [1.807, 2.05) is 30.3 Å². The van der Waals surface area contributed by atoms with Gasteiger partial charge in [0.15, 0.2) is 0 Å². The monoisotopic (exact) mass is 387 g/mol. The third-order valence-electron chi connectivity index (χ3n) is 4.44. The van der Waals surface area contributed by atoms with Crippen molar-refractivity contribution in [3.8, 4) is 11.3 Å². The molecule has 2 aromatic carbocycles. The molecule has 1 saturated heterocycles. The van der Waals surface area contributed by atoms with Crippen molar-refractivity contribution in [1.29, 1.82) is 0 Å². The average Bonchev–Trinajstić information content (AvgIpc) is 3.29. The van der Waals surface area contributed by atoms with Gasteiger partial charge in [-0.05, 0) is 29.3 Å². The number of hydrogen-bond donors (Lipinski definition) is 1. The number of hydrogen-bond acceptors (Lipinski definition) is 5. The van der Waals surface area contributed by atoms with Crippen LogP contribution in [0.4, 0.5) is 4.79 Å². The fourth-order valence-corrected chi connectivity index (χ4v) is 3.01. The molecule has 29 heavy (non-hydrogen) atoms. The van der Waals surface area contributed by atoms with Crippen molar-refractivity contribution < 1.29 is 23.9 Å². The van der Waals surface area contributed by atoms with Crippen LogP contribution in [0.2, 0.25) is 0 Å². The first kappa shape index (κ1) is 18.2. The second-order valence-electron chi connectivity index (χ2n) is 6.44. The van der Waals surface area contributed by atoms with Crippen molar-refractivity contribution in [3.63, 3.8) is 0 Å². The molecule has 3 aromatic rings. The van der Waals surface area contributed by atoms with Crippen molar-refractivity contribution in [1.82, 2.24) is 10.2 Å². The Balaban J connectivity index is 1.55. The molecule has 0 radical (unpaired) electrons. The first-order chi connectivity index (χ1) is 14.0. The van der Waals surface area contributed by atoms with Crippen LogP contribution in [0.1, 0.15) is 21.7 Å². The van der Waals surface area contributed by atoms with E-state index in [1.54, 1.807) is 24.3 Å². The van der Waals surface area contributed by atoms with Crippen LogP contribution < -0.4 is 10.4 Å². The SMILES string of the molecule is O=C([O-])c1cccc(-c2ccc(/C=C3\NC(=O)N(Cc4ccccc4)C3=O)o2)c1. The molecule has 0 spiro atoms. The number of carbonyl (C=O) groups is 3. The summed E-state index contributed by atoms with van der Waals surface area (Å²) in [7, 11) is 0. The van der Waals surface area contributed by atoms with E-state index in [-0.39, 0.29) is 17.8 Å². The number of nitrogens with zero attached hydrogens (tertiary/aromatic N) is 1. The zero-order chi connectivity index (χ0) is 20.4. The normalized spacial score (nSPS) is 15.0. The Hall–Kier alpha value is -4.13. The molecule has 1 fully saturated rings. The van der Waals surface area contributed by atoms with Gasteiger partial charge in [0, 0.05) is 11.6 Å². The average molecular weight is 387 g/mol. The van der Waals surface area contributed by atoms with E-state index in [9.17, 15) is 19.5 Å². The summed E-state index contributed by atoms with van der Waals surface area (Å²) >= 11 is 0. The van der Waals surface area contributed by atoms with Gasteiger partial charge in [0.1, 0.15) is 17.2 Å². The molecule has 0 aliphatic carbocycles.